The third-order valence-corrected chi connectivity index (χ3v) is 8.82. The van der Waals surface area contributed by atoms with Gasteiger partial charge in [-0.2, -0.15) is 5.10 Å². The maximum Gasteiger partial charge on any atom is 0.187 e. The Morgan fingerprint density at radius 3 is 2.66 bits per heavy atom. The summed E-state index contributed by atoms with van der Waals surface area (Å²) in [4.78, 5) is 0.0238. The van der Waals surface area contributed by atoms with Gasteiger partial charge in [0.15, 0.2) is 9.84 Å². The van der Waals surface area contributed by atoms with E-state index in [9.17, 15) is 12.8 Å². The van der Waals surface area contributed by atoms with E-state index in [4.69, 9.17) is 0 Å². The van der Waals surface area contributed by atoms with Crippen LogP contribution in [0.4, 0.5) is 4.39 Å². The third kappa shape index (κ3) is 3.43. The Kier molecular flexibility index (Phi) is 4.76. The minimum absolute atomic E-state index is 0.0238. The Bertz CT molecular complexity index is 1390. The average molecular weight is 453 g/mol. The van der Waals surface area contributed by atoms with Crippen molar-refractivity contribution in [1.29, 1.82) is 0 Å². The number of fused-ring (bicyclic) bond motifs is 1. The molecule has 2 N–H and O–H groups in total. The van der Waals surface area contributed by atoms with Crippen molar-refractivity contribution >= 4 is 20.7 Å². The highest BCUT2D eigenvalue weighted by Crippen LogP contribution is 2.40. The molecule has 3 heterocycles. The lowest BCUT2D eigenvalue weighted by atomic mass is 9.96. The van der Waals surface area contributed by atoms with Crippen LogP contribution in [0.1, 0.15) is 20.3 Å². The summed E-state index contributed by atoms with van der Waals surface area (Å²) in [5.74, 6) is -0.551. The molecular formula is C24H25FN4O2S. The van der Waals surface area contributed by atoms with Gasteiger partial charge in [-0.05, 0) is 62.2 Å². The van der Waals surface area contributed by atoms with E-state index in [0.29, 0.717) is 13.0 Å². The largest absolute Gasteiger partial charge is 0.346 e. The second-order valence-corrected chi connectivity index (χ2v) is 11.6. The highest BCUT2D eigenvalue weighted by Gasteiger charge is 2.53. The zero-order valence-corrected chi connectivity index (χ0v) is 18.8. The van der Waals surface area contributed by atoms with Crippen molar-refractivity contribution in [3.8, 4) is 11.1 Å². The number of nitrogens with one attached hydrogen (secondary N) is 2. The number of aromatic amines is 1. The predicted molar refractivity (Wildman–Crippen MR) is 123 cm³/mol. The quantitative estimate of drug-likeness (QED) is 0.477. The smallest absolute Gasteiger partial charge is 0.187 e. The van der Waals surface area contributed by atoms with Crippen molar-refractivity contribution in [3.63, 3.8) is 0 Å². The molecule has 0 aliphatic carbocycles. The fourth-order valence-corrected chi connectivity index (χ4v) is 6.99. The molecule has 1 saturated heterocycles. The normalized spacial score (nSPS) is 20.7. The lowest BCUT2D eigenvalue weighted by Gasteiger charge is -2.30. The van der Waals surface area contributed by atoms with Crippen LogP contribution in [0.25, 0.3) is 22.0 Å². The second kappa shape index (κ2) is 7.28. The molecule has 0 saturated carbocycles. The molecule has 32 heavy (non-hydrogen) atoms. The van der Waals surface area contributed by atoms with Crippen LogP contribution in [0.5, 0.6) is 0 Å². The van der Waals surface area contributed by atoms with E-state index in [0.717, 1.165) is 28.1 Å². The fourth-order valence-electron chi connectivity index (χ4n) is 4.84. The molecule has 0 amide bonds. The third-order valence-electron chi connectivity index (χ3n) is 6.39. The molecule has 1 unspecified atom stereocenters. The molecule has 4 aromatic rings. The summed E-state index contributed by atoms with van der Waals surface area (Å²) in [6.45, 7) is 4.57. The predicted octanol–water partition coefficient (Wildman–Crippen LogP) is 4.16. The van der Waals surface area contributed by atoms with Gasteiger partial charge in [0.05, 0.1) is 11.1 Å². The van der Waals surface area contributed by atoms with Gasteiger partial charge < -0.3 is 9.88 Å². The first-order chi connectivity index (χ1) is 15.2. The van der Waals surface area contributed by atoms with Crippen molar-refractivity contribution in [3.05, 3.63) is 72.9 Å². The molecule has 1 atom stereocenters. The molecule has 0 radical (unpaired) electrons. The number of hydrogen-bond donors (Lipinski definition) is 2. The number of hydrogen-bond acceptors (Lipinski definition) is 4. The van der Waals surface area contributed by atoms with Gasteiger partial charge in [0.1, 0.15) is 10.6 Å². The van der Waals surface area contributed by atoms with Gasteiger partial charge in [0.25, 0.3) is 0 Å². The lowest BCUT2D eigenvalue weighted by molar-refractivity contribution is 0.424. The lowest BCUT2D eigenvalue weighted by Crippen LogP contribution is -2.44. The first-order valence-corrected chi connectivity index (χ1v) is 12.0. The summed E-state index contributed by atoms with van der Waals surface area (Å²) in [5, 5.41) is 11.2. The second-order valence-electron chi connectivity index (χ2n) is 9.26. The topological polar surface area (TPSA) is 79.8 Å². The van der Waals surface area contributed by atoms with Crippen LogP contribution < -0.4 is 5.32 Å². The molecule has 5 rings (SSSR count). The van der Waals surface area contributed by atoms with Crippen LogP contribution in [0, 0.1) is 5.82 Å². The summed E-state index contributed by atoms with van der Waals surface area (Å²) in [6.07, 6.45) is 5.96. The van der Waals surface area contributed by atoms with Crippen LogP contribution in [0.2, 0.25) is 0 Å². The van der Waals surface area contributed by atoms with Crippen molar-refractivity contribution in [1.82, 2.24) is 20.1 Å². The van der Waals surface area contributed by atoms with Gasteiger partial charge in [0.2, 0.25) is 0 Å². The molecule has 1 aliphatic rings. The Morgan fingerprint density at radius 2 is 1.97 bits per heavy atom. The summed E-state index contributed by atoms with van der Waals surface area (Å²) >= 11 is 0. The molecule has 166 valence electrons. The first kappa shape index (κ1) is 20.9. The van der Waals surface area contributed by atoms with E-state index in [1.54, 1.807) is 6.20 Å². The van der Waals surface area contributed by atoms with Gasteiger partial charge in [0, 0.05) is 47.5 Å². The number of halogens is 1. The van der Waals surface area contributed by atoms with Gasteiger partial charge >= 0.3 is 0 Å². The van der Waals surface area contributed by atoms with Gasteiger partial charge in [-0.25, -0.2) is 12.8 Å². The number of benzene rings is 2. The monoisotopic (exact) mass is 452 g/mol. The fraction of sp³-hybridized carbons (Fsp3) is 0.292. The zero-order chi connectivity index (χ0) is 22.6. The summed E-state index contributed by atoms with van der Waals surface area (Å²) in [7, 11) is -3.82. The molecule has 2 aromatic heterocycles. The molecule has 0 spiro atoms. The van der Waals surface area contributed by atoms with E-state index in [-0.39, 0.29) is 17.0 Å². The molecule has 1 fully saturated rings. The molecule has 1 aliphatic heterocycles. The number of nitrogens with zero attached hydrogens (tertiary/aromatic N) is 2. The van der Waals surface area contributed by atoms with Gasteiger partial charge in [-0.15, -0.1) is 0 Å². The van der Waals surface area contributed by atoms with Crippen molar-refractivity contribution in [2.45, 2.75) is 42.0 Å². The summed E-state index contributed by atoms with van der Waals surface area (Å²) in [5.41, 5.74) is 2.63. The average Bonchev–Trinajstić information content (AvgIpc) is 3.48. The van der Waals surface area contributed by atoms with E-state index < -0.39 is 20.4 Å². The molecule has 2 aromatic carbocycles. The molecule has 8 heteroatoms. The molecule has 0 bridgehead atoms. The van der Waals surface area contributed by atoms with Gasteiger partial charge in [-0.3, -0.25) is 5.10 Å². The minimum Gasteiger partial charge on any atom is -0.346 e. The Labute approximate surface area is 186 Å². The Morgan fingerprint density at radius 1 is 1.12 bits per heavy atom. The number of H-pyrrole nitrogens is 1. The SMILES string of the molecule is CC1(C)CC(Cn2ccc3cc(-c4cn[nH]c4)ccc32)(S(=O)(=O)c2cccc(F)c2)CN1. The zero-order valence-electron chi connectivity index (χ0n) is 18.0. The van der Waals surface area contributed by atoms with Crippen LogP contribution in [-0.4, -0.2) is 40.0 Å². The number of sulfone groups is 1. The molecule has 6 nitrogen and oxygen atoms in total. The van der Waals surface area contributed by atoms with E-state index in [1.165, 1.54) is 18.2 Å². The Hall–Kier alpha value is -2.97. The van der Waals surface area contributed by atoms with Crippen LogP contribution in [0.15, 0.2) is 72.0 Å². The first-order valence-electron chi connectivity index (χ1n) is 10.5. The minimum atomic E-state index is -3.82. The van der Waals surface area contributed by atoms with Crippen LogP contribution in [-0.2, 0) is 16.4 Å². The van der Waals surface area contributed by atoms with Gasteiger partial charge in [-0.1, -0.05) is 12.1 Å². The van der Waals surface area contributed by atoms with E-state index in [1.807, 2.05) is 49.0 Å². The van der Waals surface area contributed by atoms with E-state index >= 15 is 0 Å². The maximum absolute atomic E-state index is 13.9. The number of aromatic nitrogens is 3. The molecular weight excluding hydrogens is 427 g/mol. The number of rotatable bonds is 5. The Balaban J connectivity index is 1.58. The highest BCUT2D eigenvalue weighted by atomic mass is 32.2. The van der Waals surface area contributed by atoms with Crippen molar-refractivity contribution in [2.24, 2.45) is 0 Å². The van der Waals surface area contributed by atoms with Crippen molar-refractivity contribution < 1.29 is 12.8 Å². The van der Waals surface area contributed by atoms with E-state index in [2.05, 4.69) is 21.6 Å². The van der Waals surface area contributed by atoms with Crippen molar-refractivity contribution in [2.75, 3.05) is 6.54 Å². The summed E-state index contributed by atoms with van der Waals surface area (Å²) < 4.78 is 42.5. The summed E-state index contributed by atoms with van der Waals surface area (Å²) in [6, 6.07) is 13.4. The standard InChI is InChI=1S/C24H25FN4O2S/c1-23(2)14-24(15-26-23,32(30,31)21-5-3-4-20(25)11-21)16-29-9-8-18-10-17(6-7-22(18)29)19-12-27-28-13-19/h3-13,26H,14-16H2,1-2H3,(H,27,28). The van der Waals surface area contributed by atoms with Crippen LogP contribution in [0.3, 0.4) is 0 Å². The highest BCUT2D eigenvalue weighted by molar-refractivity contribution is 7.93. The maximum atomic E-state index is 13.9. The van der Waals surface area contributed by atoms with Crippen LogP contribution >= 0.6 is 0 Å².